The average Bonchev–Trinajstić information content (AvgIpc) is 3.04. The van der Waals surface area contributed by atoms with E-state index in [1.807, 2.05) is 54.6 Å². The van der Waals surface area contributed by atoms with Crippen LogP contribution < -0.4 is 9.47 Å². The Labute approximate surface area is 243 Å². The summed E-state index contributed by atoms with van der Waals surface area (Å²) in [6.45, 7) is 0.666. The number of benzene rings is 7. The van der Waals surface area contributed by atoms with Gasteiger partial charge in [0.15, 0.2) is 0 Å². The predicted octanol–water partition coefficient (Wildman–Crippen LogP) is 9.24. The lowest BCUT2D eigenvalue weighted by atomic mass is 9.97. The third kappa shape index (κ3) is 4.77. The normalized spacial score (nSPS) is 11.3. The molecule has 0 radical (unpaired) electrons. The van der Waals surface area contributed by atoms with Gasteiger partial charge in [-0.15, -0.1) is 0 Å². The minimum absolute atomic E-state index is 0.333. The van der Waals surface area contributed by atoms with Crippen molar-refractivity contribution in [3.8, 4) is 11.5 Å². The van der Waals surface area contributed by atoms with Crippen LogP contribution in [0.25, 0.3) is 43.1 Å². The monoisotopic (exact) mass is 548 g/mol. The third-order valence-electron chi connectivity index (χ3n) is 7.83. The van der Waals surface area contributed by atoms with Crippen molar-refractivity contribution in [2.24, 2.45) is 0 Å². The molecule has 4 heteroatoms. The zero-order chi connectivity index (χ0) is 28.5. The van der Waals surface area contributed by atoms with Crippen LogP contribution in [0, 0.1) is 0 Å². The molecule has 0 amide bonds. The maximum absolute atomic E-state index is 12.6. The second-order valence-corrected chi connectivity index (χ2v) is 10.4. The van der Waals surface area contributed by atoms with Gasteiger partial charge in [0.2, 0.25) is 0 Å². The number of methoxy groups -OCH3 is 1. The van der Waals surface area contributed by atoms with Crippen molar-refractivity contribution in [1.82, 2.24) is 0 Å². The fourth-order valence-corrected chi connectivity index (χ4v) is 5.81. The van der Waals surface area contributed by atoms with Gasteiger partial charge in [-0.3, -0.25) is 0 Å². The second kappa shape index (κ2) is 10.9. The maximum Gasteiger partial charge on any atom is 0.338 e. The molecule has 0 aliphatic rings. The Hall–Kier alpha value is -5.35. The number of esters is 1. The van der Waals surface area contributed by atoms with Gasteiger partial charge in [-0.05, 0) is 67.4 Å². The minimum atomic E-state index is -0.448. The largest absolute Gasteiger partial charge is 0.489 e. The standard InChI is InChI=1S/C38H28O4/c1-40-38(39)29-20-30(41-23-36-32-14-6-2-10-25(32)18-26-11-3-7-15-33(26)36)22-31(21-29)42-24-37-34-16-8-4-12-27(34)19-28-13-5-9-17-35(28)37/h2-22H,23-24H2,1H3. The number of carbonyl (C=O) groups is 1. The molecule has 0 aliphatic heterocycles. The first-order valence-electron chi connectivity index (χ1n) is 14.0. The van der Waals surface area contributed by atoms with Crippen LogP contribution in [0.5, 0.6) is 11.5 Å². The van der Waals surface area contributed by atoms with Crippen LogP contribution in [0.1, 0.15) is 21.5 Å². The number of hydrogen-bond acceptors (Lipinski definition) is 4. The number of carbonyl (C=O) groups excluding carboxylic acids is 1. The van der Waals surface area contributed by atoms with Crippen LogP contribution in [-0.4, -0.2) is 13.1 Å². The van der Waals surface area contributed by atoms with Gasteiger partial charge in [0.05, 0.1) is 12.7 Å². The van der Waals surface area contributed by atoms with Gasteiger partial charge in [-0.2, -0.15) is 0 Å². The Morgan fingerprint density at radius 3 is 1.21 bits per heavy atom. The molecular formula is C38H28O4. The molecule has 0 unspecified atom stereocenters. The Bertz CT molecular complexity index is 1860. The number of hydrogen-bond donors (Lipinski definition) is 0. The Morgan fingerprint density at radius 2 is 0.857 bits per heavy atom. The topological polar surface area (TPSA) is 44.8 Å². The zero-order valence-electron chi connectivity index (χ0n) is 23.2. The van der Waals surface area contributed by atoms with E-state index < -0.39 is 5.97 Å². The van der Waals surface area contributed by atoms with Crippen LogP contribution in [-0.2, 0) is 18.0 Å². The molecule has 204 valence electrons. The highest BCUT2D eigenvalue weighted by atomic mass is 16.5. The highest BCUT2D eigenvalue weighted by Crippen LogP contribution is 2.33. The predicted molar refractivity (Wildman–Crippen MR) is 169 cm³/mol. The summed E-state index contributed by atoms with van der Waals surface area (Å²) >= 11 is 0. The Kier molecular flexibility index (Phi) is 6.65. The molecule has 0 N–H and O–H groups in total. The summed E-state index contributed by atoms with van der Waals surface area (Å²) in [5.74, 6) is 0.622. The molecule has 0 aromatic heterocycles. The first kappa shape index (κ1) is 25.6. The third-order valence-corrected chi connectivity index (χ3v) is 7.83. The molecule has 7 aromatic carbocycles. The SMILES string of the molecule is COC(=O)c1cc(OCc2c3ccccc3cc3ccccc23)cc(OCc2c3ccccc3cc3ccccc23)c1. The maximum atomic E-state index is 12.6. The van der Waals surface area contributed by atoms with Crippen LogP contribution in [0.2, 0.25) is 0 Å². The van der Waals surface area contributed by atoms with E-state index in [1.165, 1.54) is 7.11 Å². The van der Waals surface area contributed by atoms with Crippen molar-refractivity contribution >= 4 is 49.1 Å². The van der Waals surface area contributed by atoms with Crippen LogP contribution in [0.3, 0.4) is 0 Å². The molecule has 42 heavy (non-hydrogen) atoms. The molecule has 0 fully saturated rings. The lowest BCUT2D eigenvalue weighted by Crippen LogP contribution is -2.05. The number of rotatable bonds is 7. The van der Waals surface area contributed by atoms with Gasteiger partial charge < -0.3 is 14.2 Å². The fourth-order valence-electron chi connectivity index (χ4n) is 5.81. The minimum Gasteiger partial charge on any atom is -0.489 e. The highest BCUT2D eigenvalue weighted by molar-refractivity contribution is 6.03. The molecule has 0 saturated carbocycles. The first-order chi connectivity index (χ1) is 20.7. The summed E-state index contributed by atoms with van der Waals surface area (Å²) < 4.78 is 17.8. The van der Waals surface area contributed by atoms with Gasteiger partial charge in [0, 0.05) is 17.2 Å². The molecule has 0 bridgehead atoms. The van der Waals surface area contributed by atoms with E-state index in [0.717, 1.165) is 54.2 Å². The van der Waals surface area contributed by atoms with Crippen LogP contribution in [0.4, 0.5) is 0 Å². The molecule has 7 aromatic rings. The van der Waals surface area contributed by atoms with E-state index in [0.29, 0.717) is 30.3 Å². The summed E-state index contributed by atoms with van der Waals surface area (Å²) in [5, 5.41) is 9.18. The summed E-state index contributed by atoms with van der Waals surface area (Å²) in [7, 11) is 1.38. The zero-order valence-corrected chi connectivity index (χ0v) is 23.2. The smallest absolute Gasteiger partial charge is 0.338 e. The number of ether oxygens (including phenoxy) is 3. The lowest BCUT2D eigenvalue weighted by molar-refractivity contribution is 0.0599. The molecule has 0 spiro atoms. The van der Waals surface area contributed by atoms with Crippen molar-refractivity contribution in [3.05, 3.63) is 144 Å². The molecule has 0 saturated heterocycles. The average molecular weight is 549 g/mol. The van der Waals surface area contributed by atoms with E-state index >= 15 is 0 Å². The lowest BCUT2D eigenvalue weighted by Gasteiger charge is -2.16. The van der Waals surface area contributed by atoms with E-state index in [1.54, 1.807) is 12.1 Å². The summed E-state index contributed by atoms with van der Waals surface area (Å²) in [4.78, 5) is 12.6. The Morgan fingerprint density at radius 1 is 0.500 bits per heavy atom. The van der Waals surface area contributed by atoms with Crippen LogP contribution in [0.15, 0.2) is 127 Å². The molecular weight excluding hydrogens is 520 g/mol. The highest BCUT2D eigenvalue weighted by Gasteiger charge is 2.14. The van der Waals surface area contributed by atoms with E-state index in [2.05, 4.69) is 60.7 Å². The van der Waals surface area contributed by atoms with Gasteiger partial charge >= 0.3 is 5.97 Å². The van der Waals surface area contributed by atoms with Gasteiger partial charge in [-0.25, -0.2) is 4.79 Å². The van der Waals surface area contributed by atoms with Gasteiger partial charge in [0.1, 0.15) is 24.7 Å². The molecule has 0 heterocycles. The first-order valence-corrected chi connectivity index (χ1v) is 14.0. The summed E-state index contributed by atoms with van der Waals surface area (Å²) in [5.41, 5.74) is 2.56. The fraction of sp³-hybridized carbons (Fsp3) is 0.0789. The molecule has 0 atom stereocenters. The van der Waals surface area contributed by atoms with Crippen molar-refractivity contribution in [2.75, 3.05) is 7.11 Å². The van der Waals surface area contributed by atoms with Gasteiger partial charge in [-0.1, -0.05) is 97.1 Å². The Balaban J connectivity index is 1.24. The molecule has 0 aliphatic carbocycles. The van der Waals surface area contributed by atoms with E-state index in [-0.39, 0.29) is 0 Å². The van der Waals surface area contributed by atoms with Crippen LogP contribution >= 0.6 is 0 Å². The van der Waals surface area contributed by atoms with Crippen molar-refractivity contribution in [2.45, 2.75) is 13.2 Å². The quantitative estimate of drug-likeness (QED) is 0.147. The van der Waals surface area contributed by atoms with E-state index in [9.17, 15) is 4.79 Å². The molecule has 4 nitrogen and oxygen atoms in total. The van der Waals surface area contributed by atoms with Crippen molar-refractivity contribution < 1.29 is 19.0 Å². The van der Waals surface area contributed by atoms with Crippen molar-refractivity contribution in [3.63, 3.8) is 0 Å². The summed E-state index contributed by atoms with van der Waals surface area (Å²) in [6, 6.07) is 43.0. The second-order valence-electron chi connectivity index (χ2n) is 10.4. The van der Waals surface area contributed by atoms with Crippen molar-refractivity contribution in [1.29, 1.82) is 0 Å². The molecule has 7 rings (SSSR count). The number of fused-ring (bicyclic) bond motifs is 4. The van der Waals surface area contributed by atoms with E-state index in [4.69, 9.17) is 14.2 Å². The summed E-state index contributed by atoms with van der Waals surface area (Å²) in [6.07, 6.45) is 0. The van der Waals surface area contributed by atoms with Gasteiger partial charge in [0.25, 0.3) is 0 Å².